The summed E-state index contributed by atoms with van der Waals surface area (Å²) in [5.74, 6) is 0.0746. The topological polar surface area (TPSA) is 81.4 Å². The standard InChI is InChI=1S/C11H20N2O3S/c1-13(9-10-5-4-6-11(10)14)17(15,16)8-3-2-7-12/h10-11,14H,2-6,8-9H2,1H3. The fraction of sp³-hybridized carbons (Fsp3) is 0.909. The van der Waals surface area contributed by atoms with E-state index >= 15 is 0 Å². The first-order chi connectivity index (χ1) is 7.97. The number of nitrogens with zero attached hydrogens (tertiary/aromatic N) is 2. The van der Waals surface area contributed by atoms with Crippen molar-refractivity contribution in [3.8, 4) is 6.07 Å². The van der Waals surface area contributed by atoms with Crippen molar-refractivity contribution in [3.05, 3.63) is 0 Å². The maximum absolute atomic E-state index is 11.8. The van der Waals surface area contributed by atoms with Gasteiger partial charge in [0.25, 0.3) is 0 Å². The third-order valence-corrected chi connectivity index (χ3v) is 5.18. The smallest absolute Gasteiger partial charge is 0.213 e. The minimum absolute atomic E-state index is 0.0138. The highest BCUT2D eigenvalue weighted by Gasteiger charge is 2.29. The largest absolute Gasteiger partial charge is 0.393 e. The predicted molar refractivity (Wildman–Crippen MR) is 64.6 cm³/mol. The quantitative estimate of drug-likeness (QED) is 0.713. The van der Waals surface area contributed by atoms with Crippen LogP contribution in [-0.4, -0.2) is 43.3 Å². The molecule has 0 aromatic carbocycles. The number of hydrogen-bond donors (Lipinski definition) is 1. The van der Waals surface area contributed by atoms with Crippen LogP contribution in [-0.2, 0) is 10.0 Å². The van der Waals surface area contributed by atoms with Crippen molar-refractivity contribution in [2.24, 2.45) is 5.92 Å². The van der Waals surface area contributed by atoms with Gasteiger partial charge in [-0.05, 0) is 25.2 Å². The molecule has 0 aromatic rings. The van der Waals surface area contributed by atoms with Crippen molar-refractivity contribution in [2.75, 3.05) is 19.3 Å². The van der Waals surface area contributed by atoms with Gasteiger partial charge in [0.05, 0.1) is 17.9 Å². The lowest BCUT2D eigenvalue weighted by Gasteiger charge is -2.22. The summed E-state index contributed by atoms with van der Waals surface area (Å²) in [4.78, 5) is 0. The van der Waals surface area contributed by atoms with E-state index < -0.39 is 10.0 Å². The number of unbranched alkanes of at least 4 members (excludes halogenated alkanes) is 1. The maximum Gasteiger partial charge on any atom is 0.213 e. The van der Waals surface area contributed by atoms with Crippen molar-refractivity contribution in [2.45, 2.75) is 38.2 Å². The number of aliphatic hydroxyl groups excluding tert-OH is 1. The Morgan fingerprint density at radius 3 is 2.71 bits per heavy atom. The molecule has 0 heterocycles. The average molecular weight is 260 g/mol. The third-order valence-electron chi connectivity index (χ3n) is 3.28. The Bertz CT molecular complexity index is 375. The highest BCUT2D eigenvalue weighted by molar-refractivity contribution is 7.89. The van der Waals surface area contributed by atoms with E-state index in [1.807, 2.05) is 6.07 Å². The number of sulfonamides is 1. The van der Waals surface area contributed by atoms with Crippen LogP contribution in [0.2, 0.25) is 0 Å². The zero-order valence-corrected chi connectivity index (χ0v) is 11.0. The van der Waals surface area contributed by atoms with Crippen LogP contribution in [0.1, 0.15) is 32.1 Å². The van der Waals surface area contributed by atoms with Crippen molar-refractivity contribution in [1.82, 2.24) is 4.31 Å². The van der Waals surface area contributed by atoms with Gasteiger partial charge >= 0.3 is 0 Å². The Labute approximate surface area is 103 Å². The van der Waals surface area contributed by atoms with E-state index in [9.17, 15) is 13.5 Å². The first kappa shape index (κ1) is 14.4. The van der Waals surface area contributed by atoms with Crippen LogP contribution in [0.3, 0.4) is 0 Å². The summed E-state index contributed by atoms with van der Waals surface area (Å²) in [5, 5.41) is 18.0. The Kier molecular flexibility index (Phi) is 5.37. The lowest BCUT2D eigenvalue weighted by molar-refractivity contribution is 0.123. The van der Waals surface area contributed by atoms with Gasteiger partial charge in [0, 0.05) is 20.0 Å². The Balaban J connectivity index is 2.45. The molecule has 6 heteroatoms. The molecule has 1 fully saturated rings. The molecule has 1 aliphatic rings. The zero-order chi connectivity index (χ0) is 12.9. The van der Waals surface area contributed by atoms with Crippen molar-refractivity contribution in [1.29, 1.82) is 5.26 Å². The molecule has 0 amide bonds. The van der Waals surface area contributed by atoms with Crippen molar-refractivity contribution < 1.29 is 13.5 Å². The zero-order valence-electron chi connectivity index (χ0n) is 10.2. The highest BCUT2D eigenvalue weighted by Crippen LogP contribution is 2.26. The molecular formula is C11H20N2O3S. The van der Waals surface area contributed by atoms with Gasteiger partial charge in [-0.2, -0.15) is 5.26 Å². The molecule has 0 saturated heterocycles. The molecule has 0 spiro atoms. The number of hydrogen-bond acceptors (Lipinski definition) is 4. The molecule has 1 rings (SSSR count). The number of aliphatic hydroxyl groups is 1. The van der Waals surface area contributed by atoms with Crippen molar-refractivity contribution >= 4 is 10.0 Å². The van der Waals surface area contributed by atoms with E-state index in [0.717, 1.165) is 19.3 Å². The average Bonchev–Trinajstić information content (AvgIpc) is 2.64. The lowest BCUT2D eigenvalue weighted by atomic mass is 10.1. The SMILES string of the molecule is CN(CC1CCCC1O)S(=O)(=O)CCCC#N. The summed E-state index contributed by atoms with van der Waals surface area (Å²) in [6.07, 6.45) is 2.89. The minimum atomic E-state index is -3.27. The normalized spacial score (nSPS) is 25.1. The molecule has 1 saturated carbocycles. The summed E-state index contributed by atoms with van der Waals surface area (Å²) >= 11 is 0. The van der Waals surface area contributed by atoms with E-state index in [1.54, 1.807) is 7.05 Å². The predicted octanol–water partition coefficient (Wildman–Crippen LogP) is 0.713. The second kappa shape index (κ2) is 6.34. The Hall–Kier alpha value is -0.640. The molecule has 0 aromatic heterocycles. The summed E-state index contributed by atoms with van der Waals surface area (Å²) in [7, 11) is -1.72. The molecule has 98 valence electrons. The van der Waals surface area contributed by atoms with Gasteiger partial charge < -0.3 is 5.11 Å². The second-order valence-corrected chi connectivity index (χ2v) is 6.81. The fourth-order valence-corrected chi connectivity index (χ4v) is 3.40. The van der Waals surface area contributed by atoms with Gasteiger partial charge in [-0.25, -0.2) is 12.7 Å². The monoisotopic (exact) mass is 260 g/mol. The molecule has 2 unspecified atom stereocenters. The molecule has 5 nitrogen and oxygen atoms in total. The van der Waals surface area contributed by atoms with Crippen molar-refractivity contribution in [3.63, 3.8) is 0 Å². The lowest BCUT2D eigenvalue weighted by Crippen LogP contribution is -2.35. The summed E-state index contributed by atoms with van der Waals surface area (Å²) in [6, 6.07) is 1.94. The Morgan fingerprint density at radius 1 is 1.47 bits per heavy atom. The summed E-state index contributed by atoms with van der Waals surface area (Å²) < 4.78 is 25.0. The molecule has 0 aliphatic heterocycles. The maximum atomic E-state index is 11.8. The van der Waals surface area contributed by atoms with Crippen LogP contribution in [0, 0.1) is 17.2 Å². The minimum Gasteiger partial charge on any atom is -0.393 e. The third kappa shape index (κ3) is 4.26. The van der Waals surface area contributed by atoms with E-state index in [4.69, 9.17) is 5.26 Å². The van der Waals surface area contributed by atoms with Crippen LogP contribution in [0.15, 0.2) is 0 Å². The number of rotatable bonds is 6. The molecule has 2 atom stereocenters. The summed E-state index contributed by atoms with van der Waals surface area (Å²) in [6.45, 7) is 0.385. The van der Waals surface area contributed by atoms with E-state index in [0.29, 0.717) is 13.0 Å². The first-order valence-corrected chi connectivity index (χ1v) is 7.57. The van der Waals surface area contributed by atoms with Crippen LogP contribution in [0.4, 0.5) is 0 Å². The van der Waals surface area contributed by atoms with Gasteiger partial charge in [-0.1, -0.05) is 6.42 Å². The second-order valence-electron chi connectivity index (χ2n) is 4.62. The van der Waals surface area contributed by atoms with E-state index in [2.05, 4.69) is 0 Å². The van der Waals surface area contributed by atoms with Gasteiger partial charge in [-0.15, -0.1) is 0 Å². The molecular weight excluding hydrogens is 240 g/mol. The van der Waals surface area contributed by atoms with E-state index in [-0.39, 0.29) is 24.2 Å². The van der Waals surface area contributed by atoms with Crippen LogP contribution >= 0.6 is 0 Å². The highest BCUT2D eigenvalue weighted by atomic mass is 32.2. The van der Waals surface area contributed by atoms with Gasteiger partial charge in [0.2, 0.25) is 10.0 Å². The van der Waals surface area contributed by atoms with Gasteiger partial charge in [0.15, 0.2) is 0 Å². The van der Waals surface area contributed by atoms with Gasteiger partial charge in [0.1, 0.15) is 0 Å². The van der Waals surface area contributed by atoms with E-state index in [1.165, 1.54) is 4.31 Å². The first-order valence-electron chi connectivity index (χ1n) is 5.96. The number of nitriles is 1. The van der Waals surface area contributed by atoms with Gasteiger partial charge in [-0.3, -0.25) is 0 Å². The fourth-order valence-electron chi connectivity index (χ4n) is 2.16. The molecule has 1 N–H and O–H groups in total. The molecule has 17 heavy (non-hydrogen) atoms. The summed E-state index contributed by atoms with van der Waals surface area (Å²) in [5.41, 5.74) is 0. The molecule has 0 bridgehead atoms. The van der Waals surface area contributed by atoms with Crippen LogP contribution in [0.5, 0.6) is 0 Å². The Morgan fingerprint density at radius 2 is 2.18 bits per heavy atom. The van der Waals surface area contributed by atoms with Crippen LogP contribution in [0.25, 0.3) is 0 Å². The molecule has 1 aliphatic carbocycles. The van der Waals surface area contributed by atoms with Crippen LogP contribution < -0.4 is 0 Å². The molecule has 0 radical (unpaired) electrons.